The van der Waals surface area contributed by atoms with E-state index in [1.807, 2.05) is 60.7 Å². The first-order valence-electron chi connectivity index (χ1n) is 17.4. The van der Waals surface area contributed by atoms with E-state index in [-0.39, 0.29) is 5.78 Å². The van der Waals surface area contributed by atoms with Crippen LogP contribution in [-0.2, 0) is 16.0 Å². The number of ketones is 1. The van der Waals surface area contributed by atoms with Crippen molar-refractivity contribution in [2.75, 3.05) is 61.4 Å². The van der Waals surface area contributed by atoms with Gasteiger partial charge in [-0.1, -0.05) is 41.5 Å². The Morgan fingerprint density at radius 3 is 1.83 bits per heavy atom. The van der Waals surface area contributed by atoms with Gasteiger partial charge < -0.3 is 38.7 Å². The van der Waals surface area contributed by atoms with E-state index >= 15 is 0 Å². The van der Waals surface area contributed by atoms with Gasteiger partial charge in [0.15, 0.2) is 28.8 Å². The molecule has 2 N–H and O–H groups in total. The lowest BCUT2D eigenvalue weighted by Gasteiger charge is -2.16. The molecule has 0 aliphatic carbocycles. The number of hydrogen-bond acceptors (Lipinski definition) is 9. The van der Waals surface area contributed by atoms with E-state index in [1.165, 1.54) is 0 Å². The van der Waals surface area contributed by atoms with Crippen molar-refractivity contribution in [1.82, 2.24) is 9.55 Å². The number of hydrogen-bond donors (Lipinski definition) is 1. The summed E-state index contributed by atoms with van der Waals surface area (Å²) < 4.78 is 35.7. The number of aryl methyl sites for hydroxylation is 2. The zero-order valence-electron chi connectivity index (χ0n) is 31.0. The van der Waals surface area contributed by atoms with E-state index in [1.54, 1.807) is 28.4 Å². The van der Waals surface area contributed by atoms with Crippen LogP contribution in [0.3, 0.4) is 0 Å². The maximum atomic E-state index is 13.1. The third-order valence-electron chi connectivity index (χ3n) is 8.70. The van der Waals surface area contributed by atoms with E-state index in [9.17, 15) is 4.79 Å². The van der Waals surface area contributed by atoms with Crippen LogP contribution in [0.1, 0.15) is 39.9 Å². The van der Waals surface area contributed by atoms with E-state index < -0.39 is 0 Å². The average molecular weight is 708 g/mol. The van der Waals surface area contributed by atoms with Gasteiger partial charge in [-0.3, -0.25) is 4.79 Å². The lowest BCUT2D eigenvalue weighted by atomic mass is 10.0. The molecule has 1 aromatic heterocycles. The monoisotopic (exact) mass is 707 g/mol. The fourth-order valence-electron chi connectivity index (χ4n) is 6.25. The molecule has 0 aliphatic rings. The molecule has 0 unspecified atom stereocenters. The van der Waals surface area contributed by atoms with Crippen molar-refractivity contribution in [3.05, 3.63) is 101 Å². The van der Waals surface area contributed by atoms with Crippen molar-refractivity contribution < 1.29 is 33.2 Å². The zero-order chi connectivity index (χ0) is 37.0. The quantitative estimate of drug-likeness (QED) is 0.0687. The Morgan fingerprint density at radius 1 is 0.654 bits per heavy atom. The summed E-state index contributed by atoms with van der Waals surface area (Å²) in [5.41, 5.74) is 13.8. The molecule has 10 nitrogen and oxygen atoms in total. The zero-order valence-corrected chi connectivity index (χ0v) is 31.0. The number of carbonyl (C=O) groups excluding carboxylic acids is 1. The molecule has 0 aliphatic heterocycles. The van der Waals surface area contributed by atoms with E-state index in [4.69, 9.17) is 39.1 Å². The fourth-order valence-corrected chi connectivity index (χ4v) is 6.25. The van der Waals surface area contributed by atoms with Crippen LogP contribution in [0.25, 0.3) is 33.9 Å². The third kappa shape index (κ3) is 9.19. The highest BCUT2D eigenvalue weighted by Crippen LogP contribution is 2.42. The predicted molar refractivity (Wildman–Crippen MR) is 204 cm³/mol. The summed E-state index contributed by atoms with van der Waals surface area (Å²) in [6.45, 7) is 7.16. The van der Waals surface area contributed by atoms with Gasteiger partial charge in [0.2, 0.25) is 0 Å². The molecule has 5 aromatic rings. The van der Waals surface area contributed by atoms with Crippen molar-refractivity contribution in [2.24, 2.45) is 5.73 Å². The van der Waals surface area contributed by atoms with Crippen LogP contribution in [0.4, 0.5) is 0 Å². The summed E-state index contributed by atoms with van der Waals surface area (Å²) in [5, 5.41) is 0. The highest BCUT2D eigenvalue weighted by atomic mass is 16.5. The number of aromatic nitrogens is 2. The van der Waals surface area contributed by atoms with Gasteiger partial charge in [-0.15, -0.1) is 0 Å². The van der Waals surface area contributed by atoms with Gasteiger partial charge in [0.05, 0.1) is 59.6 Å². The molecule has 0 radical (unpaired) electrons. The SMILES string of the molecule is COc1ccc(-c2nc(-c3cc(C)cc(C)c3)n(Cc3ccc(C(=O)CCCOCCOCCN)cc3)c2-c2ccc(OC)c(OC)c2)cc1OC. The van der Waals surface area contributed by atoms with E-state index in [0.29, 0.717) is 80.9 Å². The van der Waals surface area contributed by atoms with Gasteiger partial charge >= 0.3 is 0 Å². The minimum Gasteiger partial charge on any atom is -0.493 e. The Hall–Kier alpha value is -5.16. The van der Waals surface area contributed by atoms with Gasteiger partial charge in [0.25, 0.3) is 0 Å². The number of ether oxygens (including phenoxy) is 6. The smallest absolute Gasteiger partial charge is 0.162 e. The van der Waals surface area contributed by atoms with Crippen molar-refractivity contribution >= 4 is 5.78 Å². The molecule has 0 amide bonds. The number of rotatable bonds is 19. The first-order valence-corrected chi connectivity index (χ1v) is 17.4. The molecular formula is C42H49N3O7. The molecule has 274 valence electrons. The summed E-state index contributed by atoms with van der Waals surface area (Å²) in [4.78, 5) is 18.4. The van der Waals surface area contributed by atoms with Gasteiger partial charge in [-0.05, 0) is 74.4 Å². The second-order valence-corrected chi connectivity index (χ2v) is 12.5. The highest BCUT2D eigenvalue weighted by Gasteiger charge is 2.24. The molecule has 0 saturated heterocycles. The fraction of sp³-hybridized carbons (Fsp3) is 0.333. The van der Waals surface area contributed by atoms with Gasteiger partial charge in [-0.2, -0.15) is 0 Å². The molecule has 4 aromatic carbocycles. The molecule has 0 saturated carbocycles. The summed E-state index contributed by atoms with van der Waals surface area (Å²) >= 11 is 0. The molecule has 0 bridgehead atoms. The maximum Gasteiger partial charge on any atom is 0.162 e. The summed E-state index contributed by atoms with van der Waals surface area (Å²) in [7, 11) is 6.50. The lowest BCUT2D eigenvalue weighted by Crippen LogP contribution is -2.12. The number of benzene rings is 4. The predicted octanol–water partition coefficient (Wildman–Crippen LogP) is 7.54. The number of nitrogens with two attached hydrogens (primary N) is 1. The molecular weight excluding hydrogens is 658 g/mol. The summed E-state index contributed by atoms with van der Waals surface area (Å²) in [6.07, 6.45) is 1.04. The standard InChI is InChI=1S/C42H49N3O7/c1-28-22-29(2)24-34(23-28)42-44-40(32-13-15-36(47-3)38(25-32)49-5)41(33-14-16-37(48-4)39(26-33)50-6)45(42)27-30-9-11-31(12-10-30)35(46)8-7-18-51-20-21-52-19-17-43/h9-16,22-26H,7-8,17-21,27,43H2,1-6H3. The van der Waals surface area contributed by atoms with E-state index in [0.717, 1.165) is 50.6 Å². The minimum absolute atomic E-state index is 0.0786. The van der Waals surface area contributed by atoms with Crippen LogP contribution in [0.15, 0.2) is 78.9 Å². The number of carbonyl (C=O) groups is 1. The number of methoxy groups -OCH3 is 4. The largest absolute Gasteiger partial charge is 0.493 e. The Labute approximate surface area is 306 Å². The Balaban J connectivity index is 1.55. The van der Waals surface area contributed by atoms with Crippen molar-refractivity contribution in [3.8, 4) is 56.9 Å². The molecule has 0 spiro atoms. The van der Waals surface area contributed by atoms with Crippen LogP contribution >= 0.6 is 0 Å². The first-order chi connectivity index (χ1) is 25.3. The maximum absolute atomic E-state index is 13.1. The van der Waals surface area contributed by atoms with Gasteiger partial charge in [0.1, 0.15) is 5.82 Å². The van der Waals surface area contributed by atoms with Crippen molar-refractivity contribution in [1.29, 1.82) is 0 Å². The number of imidazole rings is 1. The van der Waals surface area contributed by atoms with E-state index in [2.05, 4.69) is 36.6 Å². The van der Waals surface area contributed by atoms with Gasteiger partial charge in [0, 0.05) is 48.4 Å². The van der Waals surface area contributed by atoms with Crippen LogP contribution in [0.2, 0.25) is 0 Å². The van der Waals surface area contributed by atoms with Crippen LogP contribution < -0.4 is 24.7 Å². The topological polar surface area (TPSA) is 116 Å². The summed E-state index contributed by atoms with van der Waals surface area (Å²) in [6, 6.07) is 26.0. The number of Topliss-reactive ketones (excluding diaryl/α,β-unsaturated/α-hetero) is 1. The van der Waals surface area contributed by atoms with Crippen LogP contribution in [0.5, 0.6) is 23.0 Å². The molecule has 52 heavy (non-hydrogen) atoms. The Bertz CT molecular complexity index is 1930. The van der Waals surface area contributed by atoms with Crippen LogP contribution in [-0.4, -0.2) is 76.7 Å². The van der Waals surface area contributed by atoms with Crippen molar-refractivity contribution in [2.45, 2.75) is 33.2 Å². The minimum atomic E-state index is 0.0786. The highest BCUT2D eigenvalue weighted by molar-refractivity contribution is 5.96. The average Bonchev–Trinajstić information content (AvgIpc) is 3.53. The van der Waals surface area contributed by atoms with Gasteiger partial charge in [-0.25, -0.2) is 4.98 Å². The Kier molecular flexibility index (Phi) is 13.4. The number of nitrogens with zero attached hydrogens (tertiary/aromatic N) is 2. The molecule has 10 heteroatoms. The van der Waals surface area contributed by atoms with Crippen LogP contribution in [0, 0.1) is 13.8 Å². The third-order valence-corrected chi connectivity index (χ3v) is 8.70. The normalized spacial score (nSPS) is 11.1. The van der Waals surface area contributed by atoms with Crippen molar-refractivity contribution in [3.63, 3.8) is 0 Å². The second kappa shape index (κ2) is 18.4. The summed E-state index contributed by atoms with van der Waals surface area (Å²) in [5.74, 6) is 3.34. The molecule has 5 rings (SSSR count). The Morgan fingerprint density at radius 2 is 1.23 bits per heavy atom. The lowest BCUT2D eigenvalue weighted by molar-refractivity contribution is 0.0489. The first kappa shape index (κ1) is 38.1. The molecule has 1 heterocycles. The molecule has 0 atom stereocenters. The molecule has 0 fully saturated rings. The second-order valence-electron chi connectivity index (χ2n) is 12.5.